The average Bonchev–Trinajstić information content (AvgIpc) is 3.29. The molecule has 1 aliphatic heterocycles. The number of hydrogen-bond donors (Lipinski definition) is 0. The maximum Gasteiger partial charge on any atom is 0.211 e. The number of aryl methyl sites for hydroxylation is 1. The molecule has 0 radical (unpaired) electrons. The van der Waals surface area contributed by atoms with E-state index in [0.717, 1.165) is 29.7 Å². The molecular formula is C20H22N4O2S. The number of nitrogens with zero attached hydrogens (tertiary/aromatic N) is 4. The van der Waals surface area contributed by atoms with Crippen LogP contribution in [0.25, 0.3) is 17.1 Å². The number of sulfonamides is 1. The van der Waals surface area contributed by atoms with Crippen LogP contribution in [0, 0.1) is 6.92 Å². The van der Waals surface area contributed by atoms with E-state index in [-0.39, 0.29) is 6.04 Å². The molecule has 0 N–H and O–H groups in total. The van der Waals surface area contributed by atoms with Crippen LogP contribution < -0.4 is 0 Å². The highest BCUT2D eigenvalue weighted by molar-refractivity contribution is 7.88. The summed E-state index contributed by atoms with van der Waals surface area (Å²) in [5.41, 5.74) is 2.91. The number of aromatic nitrogens is 3. The van der Waals surface area contributed by atoms with E-state index in [1.54, 1.807) is 4.68 Å². The normalized spacial score (nSPS) is 18.1. The standard InChI is InChI=1S/C20H22N4O2S/c1-15-8-6-11-17(14-15)24-20(18-12-7-13-23(18)27(2,25)26)21-19(22-24)16-9-4-3-5-10-16/h3-6,8-11,14,18H,7,12-13H2,1-2H3. The van der Waals surface area contributed by atoms with Crippen LogP contribution in [-0.2, 0) is 10.0 Å². The van der Waals surface area contributed by atoms with E-state index < -0.39 is 10.0 Å². The molecule has 0 saturated carbocycles. The Morgan fingerprint density at radius 3 is 2.56 bits per heavy atom. The highest BCUT2D eigenvalue weighted by Gasteiger charge is 2.36. The third kappa shape index (κ3) is 3.52. The summed E-state index contributed by atoms with van der Waals surface area (Å²) in [6, 6.07) is 17.5. The fraction of sp³-hybridized carbons (Fsp3) is 0.300. The van der Waals surface area contributed by atoms with Gasteiger partial charge in [-0.3, -0.25) is 0 Å². The molecule has 7 heteroatoms. The van der Waals surface area contributed by atoms with Crippen molar-refractivity contribution < 1.29 is 8.42 Å². The summed E-state index contributed by atoms with van der Waals surface area (Å²) in [4.78, 5) is 4.78. The van der Waals surface area contributed by atoms with E-state index in [1.807, 2.05) is 61.5 Å². The summed E-state index contributed by atoms with van der Waals surface area (Å²) in [7, 11) is -3.31. The Bertz CT molecular complexity index is 1060. The third-order valence-corrected chi connectivity index (χ3v) is 6.13. The van der Waals surface area contributed by atoms with E-state index in [2.05, 4.69) is 0 Å². The van der Waals surface area contributed by atoms with Crippen LogP contribution in [0.3, 0.4) is 0 Å². The molecule has 1 atom stereocenters. The summed E-state index contributed by atoms with van der Waals surface area (Å²) in [5, 5.41) is 4.74. The summed E-state index contributed by atoms with van der Waals surface area (Å²) >= 11 is 0. The van der Waals surface area contributed by atoms with Gasteiger partial charge in [-0.1, -0.05) is 42.5 Å². The van der Waals surface area contributed by atoms with Gasteiger partial charge in [0.15, 0.2) is 11.6 Å². The van der Waals surface area contributed by atoms with Gasteiger partial charge in [-0.05, 0) is 37.5 Å². The summed E-state index contributed by atoms with van der Waals surface area (Å²) in [6.07, 6.45) is 2.82. The molecular weight excluding hydrogens is 360 g/mol. The van der Waals surface area contributed by atoms with E-state index >= 15 is 0 Å². The predicted molar refractivity (Wildman–Crippen MR) is 105 cm³/mol. The van der Waals surface area contributed by atoms with Crippen molar-refractivity contribution in [1.82, 2.24) is 19.1 Å². The molecule has 1 saturated heterocycles. The molecule has 1 aromatic heterocycles. The highest BCUT2D eigenvalue weighted by Crippen LogP contribution is 2.35. The van der Waals surface area contributed by atoms with Gasteiger partial charge in [0.2, 0.25) is 10.0 Å². The molecule has 0 spiro atoms. The Morgan fingerprint density at radius 2 is 1.85 bits per heavy atom. The summed E-state index contributed by atoms with van der Waals surface area (Å²) < 4.78 is 27.9. The van der Waals surface area contributed by atoms with Crippen LogP contribution in [0.1, 0.15) is 30.3 Å². The van der Waals surface area contributed by atoms with Crippen LogP contribution >= 0.6 is 0 Å². The van der Waals surface area contributed by atoms with Gasteiger partial charge in [0.1, 0.15) is 0 Å². The minimum Gasteiger partial charge on any atom is -0.216 e. The summed E-state index contributed by atoms with van der Waals surface area (Å²) in [5.74, 6) is 1.27. The smallest absolute Gasteiger partial charge is 0.211 e. The van der Waals surface area contributed by atoms with Crippen molar-refractivity contribution in [2.45, 2.75) is 25.8 Å². The van der Waals surface area contributed by atoms with Crippen molar-refractivity contribution in [1.29, 1.82) is 0 Å². The van der Waals surface area contributed by atoms with Gasteiger partial charge in [-0.25, -0.2) is 18.1 Å². The zero-order valence-electron chi connectivity index (χ0n) is 15.4. The van der Waals surface area contributed by atoms with Crippen molar-refractivity contribution in [3.05, 3.63) is 66.0 Å². The van der Waals surface area contributed by atoms with Gasteiger partial charge >= 0.3 is 0 Å². The molecule has 27 heavy (non-hydrogen) atoms. The minimum absolute atomic E-state index is 0.300. The second kappa shape index (κ2) is 6.90. The lowest BCUT2D eigenvalue weighted by Crippen LogP contribution is -2.31. The zero-order valence-corrected chi connectivity index (χ0v) is 16.2. The minimum atomic E-state index is -3.31. The van der Waals surface area contributed by atoms with Gasteiger partial charge in [-0.15, -0.1) is 5.10 Å². The highest BCUT2D eigenvalue weighted by atomic mass is 32.2. The third-order valence-electron chi connectivity index (χ3n) is 4.84. The predicted octanol–water partition coefficient (Wildman–Crippen LogP) is 3.34. The maximum atomic E-state index is 12.3. The molecule has 140 valence electrons. The second-order valence-corrected chi connectivity index (χ2v) is 8.88. The molecule has 2 aromatic carbocycles. The fourth-order valence-corrected chi connectivity index (χ4v) is 4.72. The monoisotopic (exact) mass is 382 g/mol. The fourth-order valence-electron chi connectivity index (χ4n) is 3.59. The first kappa shape index (κ1) is 17.9. The molecule has 3 aromatic rings. The topological polar surface area (TPSA) is 68.1 Å². The lowest BCUT2D eigenvalue weighted by Gasteiger charge is -2.21. The first-order chi connectivity index (χ1) is 12.9. The van der Waals surface area contributed by atoms with Gasteiger partial charge in [0.05, 0.1) is 18.0 Å². The van der Waals surface area contributed by atoms with Crippen molar-refractivity contribution in [3.63, 3.8) is 0 Å². The molecule has 2 heterocycles. The molecule has 4 rings (SSSR count). The van der Waals surface area contributed by atoms with Gasteiger partial charge in [0.25, 0.3) is 0 Å². The maximum absolute atomic E-state index is 12.3. The molecule has 0 bridgehead atoms. The van der Waals surface area contributed by atoms with E-state index in [4.69, 9.17) is 10.1 Å². The SMILES string of the molecule is Cc1cccc(-n2nc(-c3ccccc3)nc2C2CCCN2S(C)(=O)=O)c1. The molecule has 1 unspecified atom stereocenters. The first-order valence-electron chi connectivity index (χ1n) is 9.00. The Hall–Kier alpha value is -2.51. The molecule has 1 aliphatic rings. The lowest BCUT2D eigenvalue weighted by atomic mass is 10.2. The Labute approximate surface area is 159 Å². The van der Waals surface area contributed by atoms with E-state index in [0.29, 0.717) is 18.2 Å². The number of benzene rings is 2. The Morgan fingerprint density at radius 1 is 1.07 bits per heavy atom. The van der Waals surface area contributed by atoms with Crippen molar-refractivity contribution in [2.24, 2.45) is 0 Å². The van der Waals surface area contributed by atoms with Crippen LogP contribution in [0.2, 0.25) is 0 Å². The molecule has 6 nitrogen and oxygen atoms in total. The Kier molecular flexibility index (Phi) is 4.57. The zero-order chi connectivity index (χ0) is 19.0. The molecule has 1 fully saturated rings. The second-order valence-electron chi connectivity index (χ2n) is 6.94. The van der Waals surface area contributed by atoms with Crippen LogP contribution in [-0.4, -0.2) is 40.3 Å². The molecule has 0 aliphatic carbocycles. The van der Waals surface area contributed by atoms with Crippen molar-refractivity contribution >= 4 is 10.0 Å². The largest absolute Gasteiger partial charge is 0.216 e. The van der Waals surface area contributed by atoms with Crippen LogP contribution in [0.15, 0.2) is 54.6 Å². The lowest BCUT2D eigenvalue weighted by molar-refractivity contribution is 0.381. The quantitative estimate of drug-likeness (QED) is 0.694. The van der Waals surface area contributed by atoms with E-state index in [1.165, 1.54) is 10.6 Å². The van der Waals surface area contributed by atoms with Gasteiger partial charge in [0, 0.05) is 12.1 Å². The number of rotatable bonds is 4. The Balaban J connectivity index is 1.88. The molecule has 0 amide bonds. The van der Waals surface area contributed by atoms with Crippen LogP contribution in [0.5, 0.6) is 0 Å². The summed E-state index contributed by atoms with van der Waals surface area (Å²) in [6.45, 7) is 2.54. The number of hydrogen-bond acceptors (Lipinski definition) is 4. The van der Waals surface area contributed by atoms with Crippen molar-refractivity contribution in [2.75, 3.05) is 12.8 Å². The first-order valence-corrected chi connectivity index (χ1v) is 10.8. The van der Waals surface area contributed by atoms with Gasteiger partial charge < -0.3 is 0 Å². The van der Waals surface area contributed by atoms with E-state index in [9.17, 15) is 8.42 Å². The van der Waals surface area contributed by atoms with Crippen LogP contribution in [0.4, 0.5) is 0 Å². The van der Waals surface area contributed by atoms with Gasteiger partial charge in [-0.2, -0.15) is 4.31 Å². The van der Waals surface area contributed by atoms with Crippen molar-refractivity contribution in [3.8, 4) is 17.1 Å². The average molecular weight is 382 g/mol.